The Morgan fingerprint density at radius 1 is 1.40 bits per heavy atom. The van der Waals surface area contributed by atoms with E-state index >= 15 is 0 Å². The molecule has 0 aromatic rings. The van der Waals surface area contributed by atoms with Crippen molar-refractivity contribution in [3.63, 3.8) is 0 Å². The average molecular weight is 284 g/mol. The van der Waals surface area contributed by atoms with Gasteiger partial charge < -0.3 is 15.4 Å². The molecule has 4 heteroatoms. The highest BCUT2D eigenvalue weighted by Gasteiger charge is 2.31. The molecule has 0 saturated heterocycles. The summed E-state index contributed by atoms with van der Waals surface area (Å²) >= 11 is 0. The molecule has 0 radical (unpaired) electrons. The molecular formula is C16H32N2O2. The molecule has 0 aliphatic heterocycles. The van der Waals surface area contributed by atoms with Gasteiger partial charge in [-0.05, 0) is 64.5 Å². The highest BCUT2D eigenvalue weighted by atomic mass is 16.5. The molecule has 0 aromatic carbocycles. The molecule has 1 atom stereocenters. The maximum absolute atomic E-state index is 11.5. The van der Waals surface area contributed by atoms with Gasteiger partial charge in [-0.15, -0.1) is 0 Å². The molecule has 1 rings (SSSR count). The van der Waals surface area contributed by atoms with Crippen LogP contribution in [0.15, 0.2) is 0 Å². The van der Waals surface area contributed by atoms with Crippen molar-refractivity contribution in [3.05, 3.63) is 0 Å². The first-order chi connectivity index (χ1) is 9.18. The SMILES string of the molecule is COC(=O)C(C)(N)CCCN(C)C1CCC(C)(C)CC1. The monoisotopic (exact) mass is 284 g/mol. The second-order valence-corrected chi connectivity index (χ2v) is 7.39. The molecule has 1 aliphatic rings. The van der Waals surface area contributed by atoms with Crippen molar-refractivity contribution in [2.75, 3.05) is 20.7 Å². The van der Waals surface area contributed by atoms with E-state index in [0.29, 0.717) is 17.9 Å². The van der Waals surface area contributed by atoms with Crippen LogP contribution >= 0.6 is 0 Å². The van der Waals surface area contributed by atoms with Crippen LogP contribution in [0, 0.1) is 5.41 Å². The van der Waals surface area contributed by atoms with Gasteiger partial charge in [-0.3, -0.25) is 4.79 Å². The predicted molar refractivity (Wildman–Crippen MR) is 82.5 cm³/mol. The maximum Gasteiger partial charge on any atom is 0.325 e. The topological polar surface area (TPSA) is 55.6 Å². The van der Waals surface area contributed by atoms with Gasteiger partial charge in [-0.25, -0.2) is 0 Å². The Hall–Kier alpha value is -0.610. The van der Waals surface area contributed by atoms with E-state index in [1.54, 1.807) is 6.92 Å². The summed E-state index contributed by atoms with van der Waals surface area (Å²) in [7, 11) is 3.58. The van der Waals surface area contributed by atoms with E-state index in [2.05, 4.69) is 25.8 Å². The molecule has 20 heavy (non-hydrogen) atoms. The lowest BCUT2D eigenvalue weighted by Crippen LogP contribution is -2.46. The van der Waals surface area contributed by atoms with Crippen LogP contribution in [-0.4, -0.2) is 43.2 Å². The van der Waals surface area contributed by atoms with Gasteiger partial charge in [0.1, 0.15) is 5.54 Å². The molecule has 0 heterocycles. The molecule has 1 fully saturated rings. The molecule has 0 amide bonds. The fraction of sp³-hybridized carbons (Fsp3) is 0.938. The highest BCUT2D eigenvalue weighted by Crippen LogP contribution is 2.36. The fourth-order valence-electron chi connectivity index (χ4n) is 3.04. The van der Waals surface area contributed by atoms with E-state index < -0.39 is 5.54 Å². The molecule has 0 bridgehead atoms. The Kier molecular flexibility index (Phi) is 6.02. The zero-order valence-corrected chi connectivity index (χ0v) is 13.9. The third kappa shape index (κ3) is 5.06. The number of nitrogens with two attached hydrogens (primary N) is 1. The van der Waals surface area contributed by atoms with Gasteiger partial charge in [0.05, 0.1) is 7.11 Å². The van der Waals surface area contributed by atoms with E-state index in [0.717, 1.165) is 13.0 Å². The Bertz CT molecular complexity index is 316. The summed E-state index contributed by atoms with van der Waals surface area (Å²) in [6.07, 6.45) is 6.76. The van der Waals surface area contributed by atoms with Gasteiger partial charge in [0.15, 0.2) is 0 Å². The standard InChI is InChI=1S/C16H32N2O2/c1-15(2)10-7-13(8-11-15)18(4)12-6-9-16(3,17)14(19)20-5/h13H,6-12,17H2,1-5H3. The molecule has 1 unspecified atom stereocenters. The Labute approximate surface area is 124 Å². The number of nitrogens with zero attached hydrogens (tertiary/aromatic N) is 1. The van der Waals surface area contributed by atoms with Crippen LogP contribution in [-0.2, 0) is 9.53 Å². The molecule has 0 aromatic heterocycles. The third-order valence-electron chi connectivity index (χ3n) is 4.79. The predicted octanol–water partition coefficient (Wildman–Crippen LogP) is 2.56. The summed E-state index contributed by atoms with van der Waals surface area (Å²) in [5.74, 6) is -0.320. The van der Waals surface area contributed by atoms with Gasteiger partial charge in [-0.2, -0.15) is 0 Å². The summed E-state index contributed by atoms with van der Waals surface area (Å²) in [4.78, 5) is 14.0. The number of carbonyl (C=O) groups excluding carboxylic acids is 1. The van der Waals surface area contributed by atoms with E-state index in [1.807, 2.05) is 0 Å². The van der Waals surface area contributed by atoms with E-state index in [9.17, 15) is 4.79 Å². The molecule has 2 N–H and O–H groups in total. The number of methoxy groups -OCH3 is 1. The van der Waals surface area contributed by atoms with Crippen molar-refractivity contribution in [1.29, 1.82) is 0 Å². The van der Waals surface area contributed by atoms with Gasteiger partial charge in [-0.1, -0.05) is 13.8 Å². The number of ether oxygens (including phenoxy) is 1. The van der Waals surface area contributed by atoms with Crippen LogP contribution in [0.2, 0.25) is 0 Å². The van der Waals surface area contributed by atoms with Gasteiger partial charge in [0.25, 0.3) is 0 Å². The van der Waals surface area contributed by atoms with Crippen molar-refractivity contribution in [2.45, 2.75) is 70.9 Å². The van der Waals surface area contributed by atoms with Gasteiger partial charge in [0.2, 0.25) is 0 Å². The van der Waals surface area contributed by atoms with Crippen LogP contribution in [0.25, 0.3) is 0 Å². The lowest BCUT2D eigenvalue weighted by Gasteiger charge is -2.38. The van der Waals surface area contributed by atoms with Gasteiger partial charge >= 0.3 is 5.97 Å². The summed E-state index contributed by atoms with van der Waals surface area (Å²) < 4.78 is 4.73. The smallest absolute Gasteiger partial charge is 0.325 e. The zero-order valence-electron chi connectivity index (χ0n) is 13.9. The van der Waals surface area contributed by atoms with Crippen molar-refractivity contribution in [1.82, 2.24) is 4.90 Å². The van der Waals surface area contributed by atoms with Crippen LogP contribution in [0.4, 0.5) is 0 Å². The fourth-order valence-corrected chi connectivity index (χ4v) is 3.04. The molecule has 1 saturated carbocycles. The van der Waals surface area contributed by atoms with Crippen LogP contribution in [0.3, 0.4) is 0 Å². The summed E-state index contributed by atoms with van der Waals surface area (Å²) in [5.41, 5.74) is 5.63. The summed E-state index contributed by atoms with van der Waals surface area (Å²) in [5, 5.41) is 0. The molecule has 118 valence electrons. The quantitative estimate of drug-likeness (QED) is 0.762. The van der Waals surface area contributed by atoms with Crippen molar-refractivity contribution < 1.29 is 9.53 Å². The molecule has 4 nitrogen and oxygen atoms in total. The van der Waals surface area contributed by atoms with Crippen LogP contribution in [0.1, 0.15) is 59.3 Å². The second kappa shape index (κ2) is 6.90. The van der Waals surface area contributed by atoms with E-state index in [1.165, 1.54) is 32.8 Å². The average Bonchev–Trinajstić information content (AvgIpc) is 2.37. The minimum absolute atomic E-state index is 0.320. The largest absolute Gasteiger partial charge is 0.468 e. The van der Waals surface area contributed by atoms with Gasteiger partial charge in [0, 0.05) is 6.04 Å². The van der Waals surface area contributed by atoms with E-state index in [-0.39, 0.29) is 5.97 Å². The first-order valence-corrected chi connectivity index (χ1v) is 7.75. The van der Waals surface area contributed by atoms with Crippen LogP contribution in [0.5, 0.6) is 0 Å². The highest BCUT2D eigenvalue weighted by molar-refractivity contribution is 5.79. The lowest BCUT2D eigenvalue weighted by atomic mass is 9.75. The Morgan fingerprint density at radius 2 is 1.95 bits per heavy atom. The number of rotatable bonds is 6. The molecule has 1 aliphatic carbocycles. The number of hydrogen-bond donors (Lipinski definition) is 1. The summed E-state index contributed by atoms with van der Waals surface area (Å²) in [6, 6.07) is 0.685. The Morgan fingerprint density at radius 3 is 2.45 bits per heavy atom. The zero-order chi connectivity index (χ0) is 15.4. The first kappa shape index (κ1) is 17.4. The van der Waals surface area contributed by atoms with Crippen molar-refractivity contribution >= 4 is 5.97 Å². The Balaban J connectivity index is 2.30. The minimum atomic E-state index is -0.857. The summed E-state index contributed by atoms with van der Waals surface area (Å²) in [6.45, 7) is 7.47. The first-order valence-electron chi connectivity index (χ1n) is 7.75. The van der Waals surface area contributed by atoms with E-state index in [4.69, 9.17) is 10.5 Å². The number of hydrogen-bond acceptors (Lipinski definition) is 4. The second-order valence-electron chi connectivity index (χ2n) is 7.39. The lowest BCUT2D eigenvalue weighted by molar-refractivity contribution is -0.146. The molecule has 0 spiro atoms. The van der Waals surface area contributed by atoms with Crippen molar-refractivity contribution in [3.8, 4) is 0 Å². The maximum atomic E-state index is 11.5. The number of carbonyl (C=O) groups is 1. The van der Waals surface area contributed by atoms with Crippen LogP contribution < -0.4 is 5.73 Å². The third-order valence-corrected chi connectivity index (χ3v) is 4.79. The number of esters is 1. The molecular weight excluding hydrogens is 252 g/mol. The van der Waals surface area contributed by atoms with Crippen molar-refractivity contribution in [2.24, 2.45) is 11.1 Å². The minimum Gasteiger partial charge on any atom is -0.468 e. The normalized spacial score (nSPS) is 22.6.